The summed E-state index contributed by atoms with van der Waals surface area (Å²) in [6, 6.07) is 18.3. The molecule has 28 heavy (non-hydrogen) atoms. The Labute approximate surface area is 165 Å². The van der Waals surface area contributed by atoms with Crippen molar-refractivity contribution in [3.63, 3.8) is 0 Å². The molecule has 0 atom stereocenters. The normalized spacial score (nSPS) is 10.9. The van der Waals surface area contributed by atoms with Crippen LogP contribution in [0, 0.1) is 27.7 Å². The van der Waals surface area contributed by atoms with E-state index in [1.165, 1.54) is 0 Å². The quantitative estimate of drug-likeness (QED) is 0.480. The SMILES string of the molecule is Cc1ccc(-c2ccc(C)c(-c3ccc(C)nc3-c3cccc(C)n3)n2)nc1. The summed E-state index contributed by atoms with van der Waals surface area (Å²) in [5.74, 6) is 0. The van der Waals surface area contributed by atoms with Gasteiger partial charge in [0.25, 0.3) is 0 Å². The minimum absolute atomic E-state index is 0.851. The lowest BCUT2D eigenvalue weighted by Crippen LogP contribution is -1.99. The first-order valence-electron chi connectivity index (χ1n) is 9.34. The molecule has 4 aromatic rings. The number of aryl methyl sites for hydroxylation is 4. The van der Waals surface area contributed by atoms with Crippen LogP contribution in [-0.4, -0.2) is 19.9 Å². The number of hydrogen-bond acceptors (Lipinski definition) is 4. The molecule has 0 aliphatic heterocycles. The van der Waals surface area contributed by atoms with Gasteiger partial charge < -0.3 is 0 Å². The molecule has 0 N–H and O–H groups in total. The topological polar surface area (TPSA) is 51.6 Å². The van der Waals surface area contributed by atoms with Crippen molar-refractivity contribution in [3.8, 4) is 34.0 Å². The number of pyridine rings is 4. The van der Waals surface area contributed by atoms with Gasteiger partial charge in [0.15, 0.2) is 0 Å². The highest BCUT2D eigenvalue weighted by Crippen LogP contribution is 2.32. The maximum atomic E-state index is 4.95. The molecular formula is C24H22N4. The molecule has 0 radical (unpaired) electrons. The summed E-state index contributed by atoms with van der Waals surface area (Å²) < 4.78 is 0. The second kappa shape index (κ2) is 7.31. The van der Waals surface area contributed by atoms with Gasteiger partial charge in [0, 0.05) is 23.1 Å². The average Bonchev–Trinajstić information content (AvgIpc) is 2.69. The molecular weight excluding hydrogens is 344 g/mol. The van der Waals surface area contributed by atoms with E-state index in [4.69, 9.17) is 9.97 Å². The molecule has 0 saturated heterocycles. The Kier molecular flexibility index (Phi) is 4.70. The minimum atomic E-state index is 0.851. The van der Waals surface area contributed by atoms with Crippen molar-refractivity contribution in [2.24, 2.45) is 0 Å². The number of hydrogen-bond donors (Lipinski definition) is 0. The van der Waals surface area contributed by atoms with E-state index in [2.05, 4.69) is 35.1 Å². The predicted octanol–water partition coefficient (Wildman–Crippen LogP) is 5.50. The fraction of sp³-hybridized carbons (Fsp3) is 0.167. The van der Waals surface area contributed by atoms with Crippen LogP contribution in [0.3, 0.4) is 0 Å². The van der Waals surface area contributed by atoms with E-state index in [1.54, 1.807) is 0 Å². The van der Waals surface area contributed by atoms with E-state index in [9.17, 15) is 0 Å². The molecule has 138 valence electrons. The molecule has 0 bridgehead atoms. The fourth-order valence-electron chi connectivity index (χ4n) is 3.18. The van der Waals surface area contributed by atoms with Crippen molar-refractivity contribution in [2.75, 3.05) is 0 Å². The summed E-state index contributed by atoms with van der Waals surface area (Å²) in [5, 5.41) is 0. The van der Waals surface area contributed by atoms with Crippen LogP contribution in [0.5, 0.6) is 0 Å². The van der Waals surface area contributed by atoms with Gasteiger partial charge in [-0.25, -0.2) is 4.98 Å². The molecule has 0 unspecified atom stereocenters. The van der Waals surface area contributed by atoms with E-state index in [1.807, 2.05) is 63.4 Å². The monoisotopic (exact) mass is 366 g/mol. The Bertz CT molecular complexity index is 1150. The number of nitrogens with zero attached hydrogens (tertiary/aromatic N) is 4. The summed E-state index contributed by atoms with van der Waals surface area (Å²) in [7, 11) is 0. The van der Waals surface area contributed by atoms with Crippen LogP contribution >= 0.6 is 0 Å². The Morgan fingerprint density at radius 3 is 2.11 bits per heavy atom. The third-order valence-corrected chi connectivity index (χ3v) is 4.69. The number of aromatic nitrogens is 4. The smallest absolute Gasteiger partial charge is 0.0983 e. The zero-order valence-corrected chi connectivity index (χ0v) is 16.6. The molecule has 0 aromatic carbocycles. The summed E-state index contributed by atoms with van der Waals surface area (Å²) >= 11 is 0. The van der Waals surface area contributed by atoms with Gasteiger partial charge in [-0.05, 0) is 75.2 Å². The van der Waals surface area contributed by atoms with Gasteiger partial charge in [-0.1, -0.05) is 18.2 Å². The maximum absolute atomic E-state index is 4.95. The first kappa shape index (κ1) is 18.0. The van der Waals surface area contributed by atoms with Crippen LogP contribution in [-0.2, 0) is 0 Å². The van der Waals surface area contributed by atoms with Gasteiger partial charge in [0.05, 0.1) is 28.5 Å². The Balaban J connectivity index is 1.90. The molecule has 0 saturated carbocycles. The van der Waals surface area contributed by atoms with Crippen LogP contribution in [0.15, 0.2) is 60.8 Å². The fourth-order valence-corrected chi connectivity index (χ4v) is 3.18. The van der Waals surface area contributed by atoms with Crippen molar-refractivity contribution in [1.29, 1.82) is 0 Å². The second-order valence-electron chi connectivity index (χ2n) is 7.10. The highest BCUT2D eigenvalue weighted by Gasteiger charge is 2.15. The van der Waals surface area contributed by atoms with Gasteiger partial charge in [-0.15, -0.1) is 0 Å². The predicted molar refractivity (Wildman–Crippen MR) is 113 cm³/mol. The molecule has 4 heteroatoms. The molecule has 0 aliphatic rings. The molecule has 4 rings (SSSR count). The van der Waals surface area contributed by atoms with E-state index in [-0.39, 0.29) is 0 Å². The highest BCUT2D eigenvalue weighted by atomic mass is 14.8. The molecule has 0 fully saturated rings. The van der Waals surface area contributed by atoms with Crippen LogP contribution < -0.4 is 0 Å². The maximum Gasteiger partial charge on any atom is 0.0983 e. The van der Waals surface area contributed by atoms with Crippen molar-refractivity contribution >= 4 is 0 Å². The molecule has 4 heterocycles. The molecule has 0 amide bonds. The van der Waals surface area contributed by atoms with Gasteiger partial charge >= 0.3 is 0 Å². The summed E-state index contributed by atoms with van der Waals surface area (Å²) in [5.41, 5.74) is 9.46. The summed E-state index contributed by atoms with van der Waals surface area (Å²) in [6.07, 6.45) is 1.87. The van der Waals surface area contributed by atoms with Gasteiger partial charge in [0.2, 0.25) is 0 Å². The van der Waals surface area contributed by atoms with Crippen LogP contribution in [0.1, 0.15) is 22.5 Å². The Morgan fingerprint density at radius 1 is 0.571 bits per heavy atom. The van der Waals surface area contributed by atoms with Crippen molar-refractivity contribution in [3.05, 3.63) is 83.3 Å². The molecule has 4 aromatic heterocycles. The largest absolute Gasteiger partial charge is 0.254 e. The van der Waals surface area contributed by atoms with E-state index < -0.39 is 0 Å². The first-order chi connectivity index (χ1) is 13.5. The summed E-state index contributed by atoms with van der Waals surface area (Å²) in [6.45, 7) is 8.09. The summed E-state index contributed by atoms with van der Waals surface area (Å²) in [4.78, 5) is 19.0. The Morgan fingerprint density at radius 2 is 1.36 bits per heavy atom. The molecule has 0 spiro atoms. The zero-order valence-electron chi connectivity index (χ0n) is 16.6. The third kappa shape index (κ3) is 3.54. The van der Waals surface area contributed by atoms with E-state index in [0.29, 0.717) is 0 Å². The van der Waals surface area contributed by atoms with Gasteiger partial charge in [0.1, 0.15) is 0 Å². The first-order valence-corrected chi connectivity index (χ1v) is 9.34. The van der Waals surface area contributed by atoms with Crippen molar-refractivity contribution in [2.45, 2.75) is 27.7 Å². The van der Waals surface area contributed by atoms with Gasteiger partial charge in [-0.3, -0.25) is 15.0 Å². The van der Waals surface area contributed by atoms with Crippen LogP contribution in [0.25, 0.3) is 34.0 Å². The van der Waals surface area contributed by atoms with Crippen molar-refractivity contribution in [1.82, 2.24) is 19.9 Å². The van der Waals surface area contributed by atoms with Crippen LogP contribution in [0.4, 0.5) is 0 Å². The third-order valence-electron chi connectivity index (χ3n) is 4.69. The lowest BCUT2D eigenvalue weighted by molar-refractivity contribution is 1.14. The molecule has 0 aliphatic carbocycles. The lowest BCUT2D eigenvalue weighted by Gasteiger charge is -2.13. The van der Waals surface area contributed by atoms with E-state index in [0.717, 1.165) is 56.5 Å². The van der Waals surface area contributed by atoms with Gasteiger partial charge in [-0.2, -0.15) is 0 Å². The van der Waals surface area contributed by atoms with E-state index >= 15 is 0 Å². The number of rotatable bonds is 3. The highest BCUT2D eigenvalue weighted by molar-refractivity contribution is 5.80. The zero-order chi connectivity index (χ0) is 19.7. The lowest BCUT2D eigenvalue weighted by atomic mass is 10.0. The van der Waals surface area contributed by atoms with Crippen LogP contribution in [0.2, 0.25) is 0 Å². The minimum Gasteiger partial charge on any atom is -0.254 e. The Hall–Kier alpha value is -3.40. The molecule has 4 nitrogen and oxygen atoms in total. The standard InChI is InChI=1S/C24H22N4/c1-15-8-12-20(25-14-15)21-13-9-16(2)23(28-21)19-11-10-18(4)27-24(19)22-7-5-6-17(3)26-22/h5-14H,1-4H3. The van der Waals surface area contributed by atoms with Crippen molar-refractivity contribution < 1.29 is 0 Å². The average molecular weight is 366 g/mol. The second-order valence-corrected chi connectivity index (χ2v) is 7.10.